The molecule has 0 spiro atoms. The zero-order chi connectivity index (χ0) is 16.5. The lowest BCUT2D eigenvalue weighted by Crippen LogP contribution is -2.42. The molecule has 4 nitrogen and oxygen atoms in total. The zero-order valence-corrected chi connectivity index (χ0v) is 18.0. The molecule has 0 radical (unpaired) electrons. The second kappa shape index (κ2) is 11.8. The molecule has 1 saturated carbocycles. The Kier molecular flexibility index (Phi) is 10.6. The SMILES string of the molecule is CCNC(=NCc1cccc(OCC)c1)NC1CCC(SC)C1.I. The van der Waals surface area contributed by atoms with Crippen molar-refractivity contribution in [3.05, 3.63) is 29.8 Å². The van der Waals surface area contributed by atoms with E-state index in [-0.39, 0.29) is 24.0 Å². The summed E-state index contributed by atoms with van der Waals surface area (Å²) in [5.41, 5.74) is 1.17. The van der Waals surface area contributed by atoms with Gasteiger partial charge in [-0.1, -0.05) is 12.1 Å². The van der Waals surface area contributed by atoms with E-state index in [0.717, 1.165) is 23.5 Å². The topological polar surface area (TPSA) is 45.7 Å². The molecule has 6 heteroatoms. The van der Waals surface area contributed by atoms with Gasteiger partial charge >= 0.3 is 0 Å². The van der Waals surface area contributed by atoms with Crippen molar-refractivity contribution in [2.75, 3.05) is 19.4 Å². The first-order valence-electron chi connectivity index (χ1n) is 8.54. The molecular formula is C18H30IN3OS. The van der Waals surface area contributed by atoms with E-state index in [2.05, 4.69) is 35.9 Å². The molecule has 1 aromatic rings. The molecule has 136 valence electrons. The van der Waals surface area contributed by atoms with E-state index in [1.54, 1.807) is 0 Å². The van der Waals surface area contributed by atoms with Gasteiger partial charge in [-0.15, -0.1) is 24.0 Å². The maximum atomic E-state index is 5.55. The van der Waals surface area contributed by atoms with Crippen molar-refractivity contribution >= 4 is 41.7 Å². The Labute approximate surface area is 167 Å². The average molecular weight is 463 g/mol. The van der Waals surface area contributed by atoms with Crippen LogP contribution < -0.4 is 15.4 Å². The van der Waals surface area contributed by atoms with Gasteiger partial charge in [0.2, 0.25) is 0 Å². The van der Waals surface area contributed by atoms with Crippen LogP contribution in [0, 0.1) is 0 Å². The van der Waals surface area contributed by atoms with E-state index >= 15 is 0 Å². The fraction of sp³-hybridized carbons (Fsp3) is 0.611. The van der Waals surface area contributed by atoms with Crippen molar-refractivity contribution < 1.29 is 4.74 Å². The molecule has 0 amide bonds. The summed E-state index contributed by atoms with van der Waals surface area (Å²) in [5, 5.41) is 7.73. The third-order valence-electron chi connectivity index (χ3n) is 4.03. The van der Waals surface area contributed by atoms with E-state index in [1.807, 2.05) is 30.8 Å². The molecule has 0 saturated heterocycles. The third kappa shape index (κ3) is 7.09. The van der Waals surface area contributed by atoms with E-state index in [0.29, 0.717) is 19.2 Å². The predicted molar refractivity (Wildman–Crippen MR) is 116 cm³/mol. The minimum atomic E-state index is 0. The highest BCUT2D eigenvalue weighted by Crippen LogP contribution is 2.28. The van der Waals surface area contributed by atoms with Crippen molar-refractivity contribution in [1.29, 1.82) is 0 Å². The van der Waals surface area contributed by atoms with Crippen LogP contribution in [-0.4, -0.2) is 36.7 Å². The van der Waals surface area contributed by atoms with E-state index in [4.69, 9.17) is 9.73 Å². The molecule has 1 aliphatic rings. The van der Waals surface area contributed by atoms with Gasteiger partial charge in [0.15, 0.2) is 5.96 Å². The molecule has 0 bridgehead atoms. The Morgan fingerprint density at radius 2 is 2.17 bits per heavy atom. The van der Waals surface area contributed by atoms with Gasteiger partial charge in [-0.3, -0.25) is 0 Å². The zero-order valence-electron chi connectivity index (χ0n) is 14.9. The van der Waals surface area contributed by atoms with Crippen molar-refractivity contribution in [1.82, 2.24) is 10.6 Å². The molecule has 1 aromatic carbocycles. The second-order valence-corrected chi connectivity index (χ2v) is 6.93. The Morgan fingerprint density at radius 3 is 2.83 bits per heavy atom. The minimum Gasteiger partial charge on any atom is -0.494 e. The number of benzene rings is 1. The van der Waals surface area contributed by atoms with Crippen LogP contribution in [0.1, 0.15) is 38.7 Å². The molecule has 2 atom stereocenters. The lowest BCUT2D eigenvalue weighted by atomic mass is 10.2. The monoisotopic (exact) mass is 463 g/mol. The van der Waals surface area contributed by atoms with Gasteiger partial charge in [0.1, 0.15) is 5.75 Å². The maximum Gasteiger partial charge on any atom is 0.191 e. The van der Waals surface area contributed by atoms with Crippen LogP contribution in [-0.2, 0) is 6.54 Å². The van der Waals surface area contributed by atoms with Crippen LogP contribution in [0.3, 0.4) is 0 Å². The number of ether oxygens (including phenoxy) is 1. The van der Waals surface area contributed by atoms with Gasteiger partial charge in [-0.2, -0.15) is 11.8 Å². The second-order valence-electron chi connectivity index (χ2n) is 5.79. The highest BCUT2D eigenvalue weighted by molar-refractivity contribution is 14.0. The summed E-state index contributed by atoms with van der Waals surface area (Å²) in [6.45, 7) is 6.33. The highest BCUT2D eigenvalue weighted by atomic mass is 127. The number of nitrogens with one attached hydrogen (secondary N) is 2. The number of aliphatic imine (C=N–C) groups is 1. The van der Waals surface area contributed by atoms with E-state index in [9.17, 15) is 0 Å². The molecule has 2 N–H and O–H groups in total. The first-order chi connectivity index (χ1) is 11.2. The predicted octanol–water partition coefficient (Wildman–Crippen LogP) is 4.04. The minimum absolute atomic E-state index is 0. The van der Waals surface area contributed by atoms with Gasteiger partial charge in [-0.25, -0.2) is 4.99 Å². The van der Waals surface area contributed by atoms with Gasteiger partial charge in [0, 0.05) is 17.8 Å². The van der Waals surface area contributed by atoms with Crippen LogP contribution in [0.15, 0.2) is 29.3 Å². The summed E-state index contributed by atoms with van der Waals surface area (Å²) in [5.74, 6) is 1.83. The Morgan fingerprint density at radius 1 is 1.33 bits per heavy atom. The number of nitrogens with zero attached hydrogens (tertiary/aromatic N) is 1. The Balaban J connectivity index is 0.00000288. The van der Waals surface area contributed by atoms with Crippen LogP contribution >= 0.6 is 35.7 Å². The summed E-state index contributed by atoms with van der Waals surface area (Å²) in [6.07, 6.45) is 5.97. The molecule has 1 fully saturated rings. The lowest BCUT2D eigenvalue weighted by Gasteiger charge is -2.17. The summed E-state index contributed by atoms with van der Waals surface area (Å²) >= 11 is 1.98. The molecule has 1 aliphatic carbocycles. The van der Waals surface area contributed by atoms with Crippen LogP contribution in [0.25, 0.3) is 0 Å². The summed E-state index contributed by atoms with van der Waals surface area (Å²) in [6, 6.07) is 8.71. The number of rotatable bonds is 7. The van der Waals surface area contributed by atoms with Gasteiger partial charge in [-0.05, 0) is 57.1 Å². The number of guanidine groups is 1. The van der Waals surface area contributed by atoms with Gasteiger partial charge in [0.25, 0.3) is 0 Å². The van der Waals surface area contributed by atoms with Crippen molar-refractivity contribution in [2.45, 2.75) is 50.9 Å². The maximum absolute atomic E-state index is 5.55. The quantitative estimate of drug-likeness (QED) is 0.364. The number of thioether (sulfide) groups is 1. The summed E-state index contributed by atoms with van der Waals surface area (Å²) < 4.78 is 5.55. The largest absolute Gasteiger partial charge is 0.494 e. The van der Waals surface area contributed by atoms with Crippen LogP contribution in [0.4, 0.5) is 0 Å². The smallest absolute Gasteiger partial charge is 0.191 e. The lowest BCUT2D eigenvalue weighted by molar-refractivity contribution is 0.340. The number of hydrogen-bond acceptors (Lipinski definition) is 3. The molecule has 24 heavy (non-hydrogen) atoms. The fourth-order valence-electron chi connectivity index (χ4n) is 2.87. The van der Waals surface area contributed by atoms with E-state index in [1.165, 1.54) is 24.8 Å². The normalized spacial score (nSPS) is 20.4. The van der Waals surface area contributed by atoms with Crippen molar-refractivity contribution in [3.8, 4) is 5.75 Å². The number of halogens is 1. The Hall–Kier alpha value is -0.630. The van der Waals surface area contributed by atoms with Crippen LogP contribution in [0.2, 0.25) is 0 Å². The van der Waals surface area contributed by atoms with E-state index < -0.39 is 0 Å². The average Bonchev–Trinajstić information content (AvgIpc) is 3.01. The molecule has 0 aliphatic heterocycles. The van der Waals surface area contributed by atoms with Crippen molar-refractivity contribution in [2.24, 2.45) is 4.99 Å². The fourth-order valence-corrected chi connectivity index (χ4v) is 3.67. The molecule has 2 rings (SSSR count). The summed E-state index contributed by atoms with van der Waals surface area (Å²) in [7, 11) is 0. The molecule has 0 aromatic heterocycles. The molecule has 2 unspecified atom stereocenters. The third-order valence-corrected chi connectivity index (χ3v) is 5.13. The standard InChI is InChI=1S/C18H29N3OS.HI/c1-4-19-18(21-15-9-10-17(12-15)23-3)20-13-14-7-6-8-16(11-14)22-5-2;/h6-8,11,15,17H,4-5,9-10,12-13H2,1-3H3,(H2,19,20,21);1H. The van der Waals surface area contributed by atoms with Crippen molar-refractivity contribution in [3.63, 3.8) is 0 Å². The highest BCUT2D eigenvalue weighted by Gasteiger charge is 2.24. The number of hydrogen-bond donors (Lipinski definition) is 2. The van der Waals surface area contributed by atoms with Crippen LogP contribution in [0.5, 0.6) is 5.75 Å². The first-order valence-corrected chi connectivity index (χ1v) is 9.83. The first kappa shape index (κ1) is 21.4. The van der Waals surface area contributed by atoms with Gasteiger partial charge in [0.05, 0.1) is 13.2 Å². The molecule has 0 heterocycles. The van der Waals surface area contributed by atoms with Gasteiger partial charge < -0.3 is 15.4 Å². The Bertz CT molecular complexity index is 513. The molecular weight excluding hydrogens is 433 g/mol. The summed E-state index contributed by atoms with van der Waals surface area (Å²) in [4.78, 5) is 4.73.